The quantitative estimate of drug-likeness (QED) is 0.615. The van der Waals surface area contributed by atoms with Crippen molar-refractivity contribution >= 4 is 50.5 Å². The molecule has 1 aliphatic rings. The number of anilines is 1. The number of benzene rings is 2. The van der Waals surface area contributed by atoms with Crippen molar-refractivity contribution in [1.82, 2.24) is 5.01 Å². The van der Waals surface area contributed by atoms with Crippen LogP contribution in [0, 0.1) is 0 Å². The van der Waals surface area contributed by atoms with Crippen molar-refractivity contribution in [2.24, 2.45) is 10.3 Å². The number of hydrogen-bond acceptors (Lipinski definition) is 3. The molecule has 1 saturated heterocycles. The second kappa shape index (κ2) is 7.51. The Kier molecular flexibility index (Phi) is 5.41. The third-order valence-corrected chi connectivity index (χ3v) is 4.91. The van der Waals surface area contributed by atoms with Crippen LogP contribution in [0.5, 0.6) is 0 Å². The third-order valence-electron chi connectivity index (χ3n) is 3.64. The second-order valence-electron chi connectivity index (χ2n) is 5.20. The van der Waals surface area contributed by atoms with Gasteiger partial charge < -0.3 is 4.90 Å². The molecule has 0 aliphatic carbocycles. The Balaban J connectivity index is 1.57. The minimum atomic E-state index is 0.581. The molecule has 0 unspecified atom stereocenters. The van der Waals surface area contributed by atoms with Crippen LogP contribution in [0.25, 0.3) is 0 Å². The predicted octanol–water partition coefficient (Wildman–Crippen LogP) is 5.58. The van der Waals surface area contributed by atoms with Crippen LogP contribution < -0.4 is 4.90 Å². The van der Waals surface area contributed by atoms with Crippen LogP contribution in [-0.2, 0) is 0 Å². The molecule has 1 heterocycles. The molecule has 0 amide bonds. The van der Waals surface area contributed by atoms with E-state index in [9.17, 15) is 0 Å². The van der Waals surface area contributed by atoms with Crippen LogP contribution in [0.1, 0.15) is 0 Å². The van der Waals surface area contributed by atoms with Gasteiger partial charge in [-0.3, -0.25) is 5.01 Å². The van der Waals surface area contributed by atoms with Gasteiger partial charge in [-0.25, -0.2) is 0 Å². The average molecular weight is 414 g/mol. The molecule has 0 spiro atoms. The van der Waals surface area contributed by atoms with Gasteiger partial charge in [0.2, 0.25) is 0 Å². The van der Waals surface area contributed by atoms with E-state index in [1.165, 1.54) is 0 Å². The number of halogens is 3. The summed E-state index contributed by atoms with van der Waals surface area (Å²) in [4.78, 5) is 2.27. The minimum Gasteiger partial charge on any atom is -0.368 e. The molecule has 1 aliphatic heterocycles. The second-order valence-corrected chi connectivity index (χ2v) is 6.94. The molecule has 2 aromatic carbocycles. The molecule has 0 bridgehead atoms. The largest absolute Gasteiger partial charge is 0.368 e. The first-order valence-corrected chi connectivity index (χ1v) is 8.79. The maximum atomic E-state index is 6.08. The van der Waals surface area contributed by atoms with E-state index in [0.717, 1.165) is 42.0 Å². The SMILES string of the molecule is Clc1ccc(N2CCN(/N=N/c3ccc(Br)cc3)CC2)cc1Cl. The number of hydrogen-bond donors (Lipinski definition) is 0. The highest BCUT2D eigenvalue weighted by molar-refractivity contribution is 9.10. The van der Waals surface area contributed by atoms with Gasteiger partial charge in [-0.1, -0.05) is 44.4 Å². The topological polar surface area (TPSA) is 31.2 Å². The van der Waals surface area contributed by atoms with Gasteiger partial charge >= 0.3 is 0 Å². The Morgan fingerprint density at radius 2 is 1.57 bits per heavy atom. The molecular formula is C16H15BrCl2N4. The summed E-state index contributed by atoms with van der Waals surface area (Å²) >= 11 is 15.5. The van der Waals surface area contributed by atoms with Crippen molar-refractivity contribution in [3.05, 3.63) is 57.0 Å². The van der Waals surface area contributed by atoms with Gasteiger partial charge in [0, 0.05) is 23.2 Å². The fourth-order valence-corrected chi connectivity index (χ4v) is 2.90. The zero-order valence-corrected chi connectivity index (χ0v) is 15.4. The Bertz CT molecular complexity index is 698. The third kappa shape index (κ3) is 4.37. The first-order chi connectivity index (χ1) is 11.1. The molecule has 0 aromatic heterocycles. The highest BCUT2D eigenvalue weighted by Gasteiger charge is 2.16. The van der Waals surface area contributed by atoms with Gasteiger partial charge in [0.05, 0.1) is 28.8 Å². The van der Waals surface area contributed by atoms with Crippen LogP contribution in [0.2, 0.25) is 10.0 Å². The lowest BCUT2D eigenvalue weighted by molar-refractivity contribution is 0.254. The van der Waals surface area contributed by atoms with Gasteiger partial charge in [-0.15, -0.1) is 5.11 Å². The first kappa shape index (κ1) is 16.6. The normalized spacial score (nSPS) is 15.4. The standard InChI is InChI=1S/C16H15BrCl2N4/c17-12-1-3-13(4-2-12)20-21-23-9-7-22(8-10-23)14-5-6-15(18)16(19)11-14/h1-6,11H,7-10H2/b21-20+. The summed E-state index contributed by atoms with van der Waals surface area (Å²) in [5, 5.41) is 11.7. The fourth-order valence-electron chi connectivity index (χ4n) is 2.35. The van der Waals surface area contributed by atoms with Crippen LogP contribution in [0.3, 0.4) is 0 Å². The average Bonchev–Trinajstić information content (AvgIpc) is 2.57. The Morgan fingerprint density at radius 3 is 2.22 bits per heavy atom. The van der Waals surface area contributed by atoms with Crippen molar-refractivity contribution in [3.8, 4) is 0 Å². The fraction of sp³-hybridized carbons (Fsp3) is 0.250. The summed E-state index contributed by atoms with van der Waals surface area (Å²) in [5.74, 6) is 0. The Hall–Kier alpha value is -1.30. The molecule has 2 aromatic rings. The Labute approximate surface area is 153 Å². The van der Waals surface area contributed by atoms with Crippen LogP contribution in [-0.4, -0.2) is 31.2 Å². The molecule has 0 saturated carbocycles. The van der Waals surface area contributed by atoms with Gasteiger partial charge in [0.25, 0.3) is 0 Å². The highest BCUT2D eigenvalue weighted by atomic mass is 79.9. The van der Waals surface area contributed by atoms with Gasteiger partial charge in [-0.05, 0) is 42.5 Å². The van der Waals surface area contributed by atoms with Crippen LogP contribution in [0.4, 0.5) is 11.4 Å². The van der Waals surface area contributed by atoms with Crippen molar-refractivity contribution in [1.29, 1.82) is 0 Å². The lowest BCUT2D eigenvalue weighted by atomic mass is 10.2. The van der Waals surface area contributed by atoms with E-state index in [2.05, 4.69) is 31.2 Å². The van der Waals surface area contributed by atoms with Crippen molar-refractivity contribution < 1.29 is 0 Å². The molecule has 0 atom stereocenters. The minimum absolute atomic E-state index is 0.581. The van der Waals surface area contributed by atoms with E-state index >= 15 is 0 Å². The zero-order valence-electron chi connectivity index (χ0n) is 12.3. The molecular weight excluding hydrogens is 399 g/mol. The first-order valence-electron chi connectivity index (χ1n) is 7.24. The molecule has 0 N–H and O–H groups in total. The summed E-state index contributed by atoms with van der Waals surface area (Å²) in [7, 11) is 0. The van der Waals surface area contributed by atoms with E-state index in [-0.39, 0.29) is 0 Å². The van der Waals surface area contributed by atoms with E-state index < -0.39 is 0 Å². The van der Waals surface area contributed by atoms with Gasteiger partial charge in [-0.2, -0.15) is 0 Å². The molecule has 120 valence electrons. The smallest absolute Gasteiger partial charge is 0.0875 e. The number of nitrogens with zero attached hydrogens (tertiary/aromatic N) is 4. The van der Waals surface area contributed by atoms with Crippen molar-refractivity contribution in [2.75, 3.05) is 31.1 Å². The summed E-state index contributed by atoms with van der Waals surface area (Å²) in [6.07, 6.45) is 0. The number of piperazine rings is 1. The maximum absolute atomic E-state index is 6.08. The van der Waals surface area contributed by atoms with Gasteiger partial charge in [0.1, 0.15) is 0 Å². The molecule has 7 heteroatoms. The predicted molar refractivity (Wildman–Crippen MR) is 98.9 cm³/mol. The highest BCUT2D eigenvalue weighted by Crippen LogP contribution is 2.28. The summed E-state index contributed by atoms with van der Waals surface area (Å²) < 4.78 is 1.03. The van der Waals surface area contributed by atoms with E-state index in [4.69, 9.17) is 23.2 Å². The Morgan fingerprint density at radius 1 is 0.870 bits per heavy atom. The molecule has 3 rings (SSSR count). The van der Waals surface area contributed by atoms with E-state index in [1.54, 1.807) is 0 Å². The van der Waals surface area contributed by atoms with Gasteiger partial charge in [0.15, 0.2) is 0 Å². The zero-order chi connectivity index (χ0) is 16.2. The molecule has 0 radical (unpaired) electrons. The molecule has 1 fully saturated rings. The maximum Gasteiger partial charge on any atom is 0.0875 e. The molecule has 23 heavy (non-hydrogen) atoms. The monoisotopic (exact) mass is 412 g/mol. The lowest BCUT2D eigenvalue weighted by Gasteiger charge is -2.34. The summed E-state index contributed by atoms with van der Waals surface area (Å²) in [6, 6.07) is 13.5. The van der Waals surface area contributed by atoms with E-state index in [1.807, 2.05) is 47.5 Å². The number of rotatable bonds is 3. The van der Waals surface area contributed by atoms with Crippen LogP contribution in [0.15, 0.2) is 57.3 Å². The summed E-state index contributed by atoms with van der Waals surface area (Å²) in [5.41, 5.74) is 1.93. The van der Waals surface area contributed by atoms with Crippen molar-refractivity contribution in [3.63, 3.8) is 0 Å². The molecule has 4 nitrogen and oxygen atoms in total. The lowest BCUT2D eigenvalue weighted by Crippen LogP contribution is -2.43. The van der Waals surface area contributed by atoms with E-state index in [0.29, 0.717) is 10.0 Å². The summed E-state index contributed by atoms with van der Waals surface area (Å²) in [6.45, 7) is 3.38. The van der Waals surface area contributed by atoms with Crippen molar-refractivity contribution in [2.45, 2.75) is 0 Å². The van der Waals surface area contributed by atoms with Crippen LogP contribution >= 0.6 is 39.1 Å².